The maximum atomic E-state index is 12.7. The number of carbonyl (C=O) groups is 2. The van der Waals surface area contributed by atoms with Crippen molar-refractivity contribution in [3.05, 3.63) is 117 Å². The van der Waals surface area contributed by atoms with Crippen LogP contribution in [0.15, 0.2) is 79.1 Å². The van der Waals surface area contributed by atoms with Gasteiger partial charge in [-0.3, -0.25) is 19.6 Å². The van der Waals surface area contributed by atoms with Crippen molar-refractivity contribution in [2.75, 3.05) is 12.4 Å². The topological polar surface area (TPSA) is 126 Å². The van der Waals surface area contributed by atoms with E-state index < -0.39 is 10.9 Å². The first-order chi connectivity index (χ1) is 17.8. The smallest absolute Gasteiger partial charge is 0.338 e. The summed E-state index contributed by atoms with van der Waals surface area (Å²) < 4.78 is 12.1. The molecule has 1 aromatic heterocycles. The summed E-state index contributed by atoms with van der Waals surface area (Å²) in [7, 11) is 1.33. The lowest BCUT2D eigenvalue weighted by atomic mass is 10.1. The second kappa shape index (κ2) is 11.4. The Morgan fingerprint density at radius 2 is 1.86 bits per heavy atom. The highest BCUT2D eigenvalue weighted by molar-refractivity contribution is 6.32. The zero-order chi connectivity index (χ0) is 26.4. The fraction of sp³-hybridized carbons (Fsp3) is 0.115. The van der Waals surface area contributed by atoms with Gasteiger partial charge in [-0.25, -0.2) is 4.79 Å². The number of carbonyl (C=O) groups excluding carboxylic acids is 2. The molecule has 0 saturated carbocycles. The molecule has 1 amide bonds. The largest absolute Gasteiger partial charge is 0.487 e. The zero-order valence-corrected chi connectivity index (χ0v) is 20.3. The Morgan fingerprint density at radius 3 is 2.57 bits per heavy atom. The predicted octanol–water partition coefficient (Wildman–Crippen LogP) is 5.11. The number of hydrogen-bond donors (Lipinski definition) is 1. The predicted molar refractivity (Wildman–Crippen MR) is 136 cm³/mol. The molecule has 4 rings (SSSR count). The van der Waals surface area contributed by atoms with Crippen LogP contribution in [0.25, 0.3) is 0 Å². The SMILES string of the molecule is COC(=O)c1ccccc1Cn1cc(NC(=O)c2ccc(COc3ccc([N+](=O)[O-])cc3Cl)cc2)cn1. The van der Waals surface area contributed by atoms with Crippen molar-refractivity contribution in [3.8, 4) is 5.75 Å². The summed E-state index contributed by atoms with van der Waals surface area (Å²) >= 11 is 6.05. The van der Waals surface area contributed by atoms with E-state index in [1.807, 2.05) is 12.1 Å². The number of aromatic nitrogens is 2. The standard InChI is InChI=1S/C26H21ClN4O6/c1-36-26(33)22-5-3-2-4-19(22)14-30-15-20(13-28-30)29-25(32)18-8-6-17(7-9-18)16-37-24-11-10-21(31(34)35)12-23(24)27/h2-13,15H,14,16H2,1H3,(H,29,32). The Morgan fingerprint density at radius 1 is 1.11 bits per heavy atom. The molecule has 37 heavy (non-hydrogen) atoms. The van der Waals surface area contributed by atoms with Crippen LogP contribution < -0.4 is 10.1 Å². The van der Waals surface area contributed by atoms with Crippen LogP contribution in [-0.4, -0.2) is 33.7 Å². The number of nitrogens with zero attached hydrogens (tertiary/aromatic N) is 3. The van der Waals surface area contributed by atoms with Gasteiger partial charge in [-0.05, 0) is 35.4 Å². The number of esters is 1. The summed E-state index contributed by atoms with van der Waals surface area (Å²) in [5.74, 6) is -0.429. The van der Waals surface area contributed by atoms with Crippen molar-refractivity contribution in [2.45, 2.75) is 13.2 Å². The first-order valence-electron chi connectivity index (χ1n) is 11.0. The molecule has 11 heteroatoms. The normalized spacial score (nSPS) is 10.5. The lowest BCUT2D eigenvalue weighted by Crippen LogP contribution is -2.12. The highest BCUT2D eigenvalue weighted by atomic mass is 35.5. The summed E-state index contributed by atoms with van der Waals surface area (Å²) in [6, 6.07) is 17.8. The number of nitro benzene ring substituents is 1. The van der Waals surface area contributed by atoms with Crippen molar-refractivity contribution in [3.63, 3.8) is 0 Å². The number of halogens is 1. The molecule has 1 N–H and O–H groups in total. The van der Waals surface area contributed by atoms with E-state index in [0.29, 0.717) is 29.1 Å². The third kappa shape index (κ3) is 6.30. The Balaban J connectivity index is 1.34. The third-order valence-electron chi connectivity index (χ3n) is 5.38. The number of nitrogens with one attached hydrogen (secondary N) is 1. The highest BCUT2D eigenvalue weighted by Gasteiger charge is 2.13. The molecule has 1 heterocycles. The van der Waals surface area contributed by atoms with Gasteiger partial charge in [0.1, 0.15) is 12.4 Å². The Kier molecular flexibility index (Phi) is 7.80. The number of ether oxygens (including phenoxy) is 2. The van der Waals surface area contributed by atoms with Crippen molar-refractivity contribution in [2.24, 2.45) is 0 Å². The van der Waals surface area contributed by atoms with Gasteiger partial charge in [-0.2, -0.15) is 5.10 Å². The number of non-ortho nitro benzene ring substituents is 1. The average Bonchev–Trinajstić information content (AvgIpc) is 3.34. The third-order valence-corrected chi connectivity index (χ3v) is 5.68. The van der Waals surface area contributed by atoms with Crippen LogP contribution in [-0.2, 0) is 17.9 Å². The maximum Gasteiger partial charge on any atom is 0.338 e. The molecule has 0 fully saturated rings. The average molecular weight is 521 g/mol. The van der Waals surface area contributed by atoms with Crippen LogP contribution in [0.3, 0.4) is 0 Å². The van der Waals surface area contributed by atoms with E-state index in [-0.39, 0.29) is 23.2 Å². The summed E-state index contributed by atoms with van der Waals surface area (Å²) in [5, 5.41) is 18.0. The minimum Gasteiger partial charge on any atom is -0.487 e. The zero-order valence-electron chi connectivity index (χ0n) is 19.6. The molecular weight excluding hydrogens is 500 g/mol. The summed E-state index contributed by atoms with van der Waals surface area (Å²) in [4.78, 5) is 34.9. The summed E-state index contributed by atoms with van der Waals surface area (Å²) in [5.41, 5.74) is 2.78. The lowest BCUT2D eigenvalue weighted by molar-refractivity contribution is -0.384. The molecule has 0 bridgehead atoms. The fourth-order valence-electron chi connectivity index (χ4n) is 3.49. The van der Waals surface area contributed by atoms with Gasteiger partial charge in [-0.15, -0.1) is 0 Å². The van der Waals surface area contributed by atoms with Gasteiger partial charge in [-0.1, -0.05) is 41.9 Å². The number of hydrogen-bond acceptors (Lipinski definition) is 7. The summed E-state index contributed by atoms with van der Waals surface area (Å²) in [6.45, 7) is 0.494. The molecule has 3 aromatic carbocycles. The molecule has 0 saturated heterocycles. The molecule has 0 aliphatic rings. The number of methoxy groups -OCH3 is 1. The number of anilines is 1. The van der Waals surface area contributed by atoms with Crippen molar-refractivity contribution < 1.29 is 24.0 Å². The number of benzene rings is 3. The van der Waals surface area contributed by atoms with Crippen LogP contribution >= 0.6 is 11.6 Å². The molecule has 0 aliphatic carbocycles. The van der Waals surface area contributed by atoms with E-state index in [2.05, 4.69) is 10.4 Å². The minimum atomic E-state index is -0.533. The molecule has 0 spiro atoms. The van der Waals surface area contributed by atoms with Gasteiger partial charge in [0.25, 0.3) is 11.6 Å². The van der Waals surface area contributed by atoms with E-state index in [9.17, 15) is 19.7 Å². The van der Waals surface area contributed by atoms with Gasteiger partial charge >= 0.3 is 5.97 Å². The first kappa shape index (κ1) is 25.4. The second-order valence-electron chi connectivity index (χ2n) is 7.89. The van der Waals surface area contributed by atoms with Crippen LogP contribution in [0.2, 0.25) is 5.02 Å². The fourth-order valence-corrected chi connectivity index (χ4v) is 3.72. The van der Waals surface area contributed by atoms with Crippen molar-refractivity contribution >= 4 is 34.9 Å². The van der Waals surface area contributed by atoms with Crippen molar-refractivity contribution in [1.82, 2.24) is 9.78 Å². The van der Waals surface area contributed by atoms with E-state index in [1.54, 1.807) is 47.3 Å². The molecule has 4 aromatic rings. The lowest BCUT2D eigenvalue weighted by Gasteiger charge is -2.09. The van der Waals surface area contributed by atoms with Crippen molar-refractivity contribution in [1.29, 1.82) is 0 Å². The first-order valence-corrected chi connectivity index (χ1v) is 11.4. The van der Waals surface area contributed by atoms with Crippen LogP contribution in [0, 0.1) is 10.1 Å². The van der Waals surface area contributed by atoms with Crippen LogP contribution in [0.1, 0.15) is 31.8 Å². The van der Waals surface area contributed by atoms with Gasteiger partial charge in [0.2, 0.25) is 0 Å². The maximum absolute atomic E-state index is 12.7. The van der Waals surface area contributed by atoms with E-state index in [1.165, 1.54) is 31.5 Å². The van der Waals surface area contributed by atoms with Gasteiger partial charge < -0.3 is 14.8 Å². The van der Waals surface area contributed by atoms with Crippen LogP contribution in [0.4, 0.5) is 11.4 Å². The van der Waals surface area contributed by atoms with E-state index in [4.69, 9.17) is 21.1 Å². The number of rotatable bonds is 9. The van der Waals surface area contributed by atoms with Gasteiger partial charge in [0, 0.05) is 23.9 Å². The minimum absolute atomic E-state index is 0.121. The molecule has 0 aliphatic heterocycles. The molecule has 0 radical (unpaired) electrons. The Hall–Kier alpha value is -4.70. The molecule has 188 valence electrons. The van der Waals surface area contributed by atoms with Crippen LogP contribution in [0.5, 0.6) is 5.75 Å². The van der Waals surface area contributed by atoms with Gasteiger partial charge in [0.15, 0.2) is 0 Å². The van der Waals surface area contributed by atoms with Gasteiger partial charge in [0.05, 0.1) is 41.0 Å². The monoisotopic (exact) mass is 520 g/mol. The Bertz CT molecular complexity index is 1450. The molecule has 0 unspecified atom stereocenters. The quantitative estimate of drug-likeness (QED) is 0.184. The Labute approximate surface area is 216 Å². The molecule has 0 atom stereocenters. The highest BCUT2D eigenvalue weighted by Crippen LogP contribution is 2.29. The number of amides is 1. The van der Waals surface area contributed by atoms with E-state index in [0.717, 1.165) is 11.1 Å². The van der Waals surface area contributed by atoms with E-state index >= 15 is 0 Å². The second-order valence-corrected chi connectivity index (χ2v) is 8.29. The summed E-state index contributed by atoms with van der Waals surface area (Å²) in [6.07, 6.45) is 3.19. The number of nitro groups is 1. The molecule has 10 nitrogen and oxygen atoms in total. The molecular formula is C26H21ClN4O6.